The Kier molecular flexibility index (Phi) is 23.2. The summed E-state index contributed by atoms with van der Waals surface area (Å²) in [5.74, 6) is 0.532. The first-order chi connectivity index (χ1) is 63.8. The van der Waals surface area contributed by atoms with E-state index in [1.54, 1.807) is 121 Å². The fourth-order valence-electron chi connectivity index (χ4n) is 31.0. The van der Waals surface area contributed by atoms with Crippen molar-refractivity contribution in [3.05, 3.63) is 212 Å². The highest BCUT2D eigenvalue weighted by Crippen LogP contribution is 2.66. The van der Waals surface area contributed by atoms with Gasteiger partial charge in [0.15, 0.2) is 0 Å². The lowest BCUT2D eigenvalue weighted by Gasteiger charge is -2.60. The zero-order chi connectivity index (χ0) is 91.0. The van der Waals surface area contributed by atoms with Crippen molar-refractivity contribution in [2.75, 3.05) is 26.4 Å². The van der Waals surface area contributed by atoms with Crippen LogP contribution in [-0.2, 0) is 38.1 Å². The minimum absolute atomic E-state index is 0.0107. The summed E-state index contributed by atoms with van der Waals surface area (Å²) in [6, 6.07) is 39.3. The molecule has 696 valence electrons. The Balaban J connectivity index is 0.650. The van der Waals surface area contributed by atoms with Crippen molar-refractivity contribution in [3.63, 3.8) is 0 Å². The van der Waals surface area contributed by atoms with Gasteiger partial charge in [0.1, 0.15) is 91.4 Å². The van der Waals surface area contributed by atoms with E-state index in [2.05, 4.69) is 27.7 Å². The van der Waals surface area contributed by atoms with Gasteiger partial charge in [-0.1, -0.05) is 76.2 Å². The number of carbonyl (C=O) groups excluding carboxylic acids is 4. The molecule has 16 saturated carbocycles. The first-order valence-corrected chi connectivity index (χ1v) is 49.9. The predicted octanol–water partition coefficient (Wildman–Crippen LogP) is 22.0. The highest BCUT2D eigenvalue weighted by molar-refractivity contribution is 5.73. The first-order valence-electron chi connectivity index (χ1n) is 49.9. The number of hydrogen-bond donors (Lipinski definition) is 8. The number of rotatable bonds is 28. The van der Waals surface area contributed by atoms with Crippen LogP contribution in [0.3, 0.4) is 0 Å². The maximum atomic E-state index is 14.0. The summed E-state index contributed by atoms with van der Waals surface area (Å²) in [5, 5.41) is 103. The molecule has 20 nitrogen and oxygen atoms in total. The molecule has 0 amide bonds. The second kappa shape index (κ2) is 34.9. The number of fused-ring (bicyclic) bond motifs is 8. The molecule has 20 heteroatoms. The molecule has 8 N–H and O–H groups in total. The zero-order valence-corrected chi connectivity index (χ0v) is 76.5. The van der Waals surface area contributed by atoms with Crippen LogP contribution in [0.25, 0.3) is 0 Å². The highest BCUT2D eigenvalue weighted by atomic mass is 16.6. The maximum Gasteiger partial charge on any atom is 0.309 e. The lowest BCUT2D eigenvalue weighted by Crippen LogP contribution is -2.59. The van der Waals surface area contributed by atoms with Crippen molar-refractivity contribution in [1.29, 1.82) is 0 Å². The smallest absolute Gasteiger partial charge is 0.309 e. The van der Waals surface area contributed by atoms with Crippen LogP contribution in [0.5, 0.6) is 69.0 Å². The minimum Gasteiger partial charge on any atom is -0.507 e. The maximum absolute atomic E-state index is 14.0. The second-order valence-electron chi connectivity index (χ2n) is 42.8. The molecule has 0 radical (unpaired) electrons. The van der Waals surface area contributed by atoms with Crippen LogP contribution in [0.1, 0.15) is 298 Å². The number of ether oxygens (including phenoxy) is 8. The van der Waals surface area contributed by atoms with Gasteiger partial charge < -0.3 is 78.7 Å². The van der Waals surface area contributed by atoms with Gasteiger partial charge in [-0.2, -0.15) is 0 Å². The summed E-state index contributed by atoms with van der Waals surface area (Å²) in [6.07, 6.45) is 25.6. The second-order valence-corrected chi connectivity index (χ2v) is 42.8. The lowest BCUT2D eigenvalue weighted by molar-refractivity contribution is -0.211. The predicted molar refractivity (Wildman–Crippen MR) is 494 cm³/mol. The van der Waals surface area contributed by atoms with Gasteiger partial charge in [0, 0.05) is 104 Å². The average molecular weight is 1790 g/mol. The number of carbonyl (C=O) groups is 4. The average Bonchev–Trinajstić information content (AvgIpc) is 0.750. The number of esters is 4. The number of phenols is 8. The molecule has 17 aliphatic rings. The van der Waals surface area contributed by atoms with Gasteiger partial charge in [-0.15, -0.1) is 0 Å². The van der Waals surface area contributed by atoms with Gasteiger partial charge in [-0.25, -0.2) is 0 Å². The van der Waals surface area contributed by atoms with E-state index in [1.807, 2.05) is 0 Å². The number of hydrogen-bond acceptors (Lipinski definition) is 20. The largest absolute Gasteiger partial charge is 0.507 e. The van der Waals surface area contributed by atoms with Crippen LogP contribution in [0.4, 0.5) is 0 Å². The SMILES string of the molecule is CCC1C2CC3CC(C2)CC1(OC(=O)CCOc1ccc(C2c4cc(c(O)cc4O)C(c4ccc(OCCC(=O)OC56CC7CC(CC(C7)C5CC)C6)cc4)c4cc(c(O)cc4O)C(c4ccc(OCCC(=O)OC5(CC)C6CC7CC(C6)CC5C7)cc4)c4cc(c(O)cc4O)C(c4ccc(OCCC(=O)OC5(CC)C6CC7CC(C6)CC5C7)cc4)c4cc2c(O)cc4O)cc1)C3. The minimum atomic E-state index is -1.21. The summed E-state index contributed by atoms with van der Waals surface area (Å²) in [6.45, 7) is 8.76. The topological polar surface area (TPSA) is 304 Å². The molecule has 16 fully saturated rings. The highest BCUT2D eigenvalue weighted by Gasteiger charge is 2.63. The number of benzene rings is 8. The molecular weight excluding hydrogens is 1670 g/mol. The van der Waals surface area contributed by atoms with Crippen molar-refractivity contribution in [2.24, 2.45) is 94.7 Å². The Morgan fingerprint density at radius 1 is 0.273 bits per heavy atom. The fraction of sp³-hybridized carbons (Fsp3) is 0.536. The Hall–Kier alpha value is -10.8. The molecule has 25 rings (SSSR count). The summed E-state index contributed by atoms with van der Waals surface area (Å²) in [7, 11) is 0. The third kappa shape index (κ3) is 16.0. The van der Waals surface area contributed by atoms with E-state index < -0.39 is 92.1 Å². The molecule has 10 unspecified atom stereocenters. The molecule has 0 aromatic heterocycles. The number of phenolic OH excluding ortho intramolecular Hbond substituents is 8. The van der Waals surface area contributed by atoms with E-state index in [9.17, 15) is 60.0 Å². The molecule has 10 atom stereocenters. The standard InChI is InChI=1S/C112H128O20/c1-5-91-73-37-65-35-66(38-73)58-109(91,57-65)129-101(121)25-29-125-79-17-9-69(10-18-79)105-83-49-84(94(114)53-93(83)113)106(70-11-19-80(20-12-70)126-30-26-102(122)130-110-59-67-36-68(60-110)40-74(39-67)92(110)6-2)86-51-88(98(118)55-96(86)116)108(72-15-23-82(24-16-72)128-32-28-104(124)132-112(8-4)77-45-63-34-64(47-77)48-78(112)46-63)90-52-89(99(119)56-100(90)120)107(87-50-85(105)95(115)54-97(87)117)71-13-21-81(22-14-71)127-31-27-103(123)131-111(7-3)75-41-61-33-62(43-75)44-76(111)42-61/h9-24,49-56,61-68,73-78,91-92,105-108,113-120H,5-8,25-48,57-60H2,1-4H3. The Morgan fingerprint density at radius 3 is 0.697 bits per heavy atom. The van der Waals surface area contributed by atoms with Crippen LogP contribution in [0, 0.1) is 94.7 Å². The Labute approximate surface area is 773 Å². The first kappa shape index (κ1) is 87.9. The van der Waals surface area contributed by atoms with E-state index in [-0.39, 0.29) is 120 Å². The van der Waals surface area contributed by atoms with Gasteiger partial charge in [-0.3, -0.25) is 19.2 Å². The van der Waals surface area contributed by atoms with Crippen LogP contribution in [0.15, 0.2) is 146 Å². The van der Waals surface area contributed by atoms with E-state index >= 15 is 0 Å². The molecule has 8 aromatic carbocycles. The molecule has 0 aliphatic heterocycles. The molecule has 0 saturated heterocycles. The van der Waals surface area contributed by atoms with Crippen LogP contribution >= 0.6 is 0 Å². The van der Waals surface area contributed by atoms with Crippen molar-refractivity contribution < 1.29 is 97.9 Å². The van der Waals surface area contributed by atoms with Gasteiger partial charge in [-0.05, 0) is 332 Å². The summed E-state index contributed by atoms with van der Waals surface area (Å²) in [4.78, 5) is 56.0. The molecular formula is C112H128O20. The van der Waals surface area contributed by atoms with Gasteiger partial charge >= 0.3 is 23.9 Å². The number of aromatic hydroxyl groups is 8. The lowest BCUT2D eigenvalue weighted by atomic mass is 9.49. The Morgan fingerprint density at radius 2 is 0.485 bits per heavy atom. The van der Waals surface area contributed by atoms with Crippen molar-refractivity contribution in [2.45, 2.75) is 254 Å². The molecule has 24 bridgehead atoms. The van der Waals surface area contributed by atoms with E-state index in [1.165, 1.54) is 75.6 Å². The molecule has 0 spiro atoms. The van der Waals surface area contributed by atoms with Crippen molar-refractivity contribution in [1.82, 2.24) is 0 Å². The van der Waals surface area contributed by atoms with Gasteiger partial charge in [0.2, 0.25) is 0 Å². The van der Waals surface area contributed by atoms with Gasteiger partial charge in [0.05, 0.1) is 52.1 Å². The molecule has 17 aliphatic carbocycles. The van der Waals surface area contributed by atoms with Crippen LogP contribution in [-0.4, -0.2) is 114 Å². The third-order valence-electron chi connectivity index (χ3n) is 35.5. The zero-order valence-electron chi connectivity index (χ0n) is 76.5. The van der Waals surface area contributed by atoms with Crippen LogP contribution < -0.4 is 18.9 Å². The van der Waals surface area contributed by atoms with E-state index in [4.69, 9.17) is 37.9 Å². The van der Waals surface area contributed by atoms with Crippen molar-refractivity contribution in [3.8, 4) is 69.0 Å². The third-order valence-corrected chi connectivity index (χ3v) is 35.5. The quantitative estimate of drug-likeness (QED) is 0.0167. The summed E-state index contributed by atoms with van der Waals surface area (Å²) < 4.78 is 51.8. The molecule has 0 heterocycles. The summed E-state index contributed by atoms with van der Waals surface area (Å²) in [5.41, 5.74) is 1.05. The normalized spacial score (nSPS) is 32.9. The van der Waals surface area contributed by atoms with E-state index in [0.29, 0.717) is 140 Å². The summed E-state index contributed by atoms with van der Waals surface area (Å²) >= 11 is 0. The fourth-order valence-corrected chi connectivity index (χ4v) is 31.0. The molecule has 132 heavy (non-hydrogen) atoms. The monoisotopic (exact) mass is 1790 g/mol. The van der Waals surface area contributed by atoms with Crippen LogP contribution in [0.2, 0.25) is 0 Å². The van der Waals surface area contributed by atoms with Gasteiger partial charge in [0.25, 0.3) is 0 Å². The molecule has 8 aromatic rings. The Bertz CT molecular complexity index is 5220. The van der Waals surface area contributed by atoms with E-state index in [0.717, 1.165) is 103 Å². The van der Waals surface area contributed by atoms with Crippen molar-refractivity contribution >= 4 is 23.9 Å².